The van der Waals surface area contributed by atoms with E-state index in [1.54, 1.807) is 18.2 Å². The van der Waals surface area contributed by atoms with E-state index in [2.05, 4.69) is 4.90 Å². The van der Waals surface area contributed by atoms with Crippen LogP contribution in [0.15, 0.2) is 48.8 Å². The van der Waals surface area contributed by atoms with Crippen LogP contribution in [-0.2, 0) is 6.54 Å². The second kappa shape index (κ2) is 10.5. The van der Waals surface area contributed by atoms with E-state index in [1.165, 1.54) is 18.5 Å². The van der Waals surface area contributed by atoms with E-state index in [4.69, 9.17) is 0 Å². The lowest BCUT2D eigenvalue weighted by atomic mass is 9.96. The minimum atomic E-state index is -0.169. The van der Waals surface area contributed by atoms with Crippen molar-refractivity contribution in [2.24, 2.45) is 5.92 Å². The van der Waals surface area contributed by atoms with Crippen molar-refractivity contribution < 1.29 is 13.9 Å². The molecule has 1 aliphatic rings. The van der Waals surface area contributed by atoms with E-state index >= 15 is 0 Å². The van der Waals surface area contributed by atoms with Crippen LogP contribution in [0.3, 0.4) is 0 Å². The highest BCUT2D eigenvalue weighted by molar-refractivity contribution is 5.93. The number of carbonyl (C=O) groups excluding carboxylic acids is 1. The first-order valence-corrected chi connectivity index (χ1v) is 10.5. The van der Waals surface area contributed by atoms with Crippen molar-refractivity contribution in [3.8, 4) is 0 Å². The molecule has 7 heteroatoms. The maximum atomic E-state index is 14.0. The van der Waals surface area contributed by atoms with Gasteiger partial charge in [-0.05, 0) is 51.5 Å². The minimum absolute atomic E-state index is 0.117. The molecule has 2 aromatic rings. The molecule has 1 aromatic carbocycles. The van der Waals surface area contributed by atoms with Crippen LogP contribution in [0.2, 0.25) is 0 Å². The molecule has 30 heavy (non-hydrogen) atoms. The van der Waals surface area contributed by atoms with Crippen molar-refractivity contribution in [2.75, 3.05) is 46.8 Å². The zero-order valence-electron chi connectivity index (χ0n) is 17.8. The highest BCUT2D eigenvalue weighted by Gasteiger charge is 2.26. The van der Waals surface area contributed by atoms with Gasteiger partial charge in [0.15, 0.2) is 12.4 Å². The highest BCUT2D eigenvalue weighted by atomic mass is 19.1. The van der Waals surface area contributed by atoms with Crippen LogP contribution < -0.4 is 4.73 Å². The Kier molecular flexibility index (Phi) is 7.76. The van der Waals surface area contributed by atoms with Crippen LogP contribution in [0.25, 0.3) is 0 Å². The number of benzene rings is 1. The maximum Gasteiger partial charge on any atom is 0.260 e. The molecule has 0 radical (unpaired) electrons. The molecular weight excluding hydrogens is 383 g/mol. The SMILES string of the molecule is CN(C)CCN(CC1CCCN(Cc2ccccc2F)C1)C(=O)c1ccc[n+]([O-])c1. The van der Waals surface area contributed by atoms with E-state index < -0.39 is 0 Å². The summed E-state index contributed by atoms with van der Waals surface area (Å²) >= 11 is 0. The Labute approximate surface area is 178 Å². The van der Waals surface area contributed by atoms with E-state index in [-0.39, 0.29) is 11.7 Å². The van der Waals surface area contributed by atoms with E-state index in [9.17, 15) is 14.4 Å². The lowest BCUT2D eigenvalue weighted by Crippen LogP contribution is -2.45. The van der Waals surface area contributed by atoms with Crippen molar-refractivity contribution in [3.05, 3.63) is 70.9 Å². The van der Waals surface area contributed by atoms with E-state index in [0.29, 0.717) is 41.4 Å². The summed E-state index contributed by atoms with van der Waals surface area (Å²) in [6.07, 6.45) is 4.77. The van der Waals surface area contributed by atoms with Gasteiger partial charge in [0, 0.05) is 44.4 Å². The molecule has 0 spiro atoms. The summed E-state index contributed by atoms with van der Waals surface area (Å²) < 4.78 is 14.7. The third-order valence-electron chi connectivity index (χ3n) is 5.56. The number of pyridine rings is 1. The normalized spacial score (nSPS) is 17.3. The standard InChI is InChI=1S/C23H31FN4O2/c1-25(2)13-14-27(23(29)21-9-6-12-28(30)18-21)16-19-7-5-11-26(15-19)17-20-8-3-4-10-22(20)24/h3-4,6,8-10,12,18-19H,5,7,11,13-17H2,1-2H3. The summed E-state index contributed by atoms with van der Waals surface area (Å²) in [6.45, 7) is 4.34. The molecule has 0 saturated carbocycles. The van der Waals surface area contributed by atoms with Gasteiger partial charge >= 0.3 is 0 Å². The van der Waals surface area contributed by atoms with Gasteiger partial charge in [-0.3, -0.25) is 9.69 Å². The van der Waals surface area contributed by atoms with Crippen LogP contribution in [0.4, 0.5) is 4.39 Å². The van der Waals surface area contributed by atoms with Gasteiger partial charge in [-0.1, -0.05) is 18.2 Å². The number of aromatic nitrogens is 1. The molecule has 1 aliphatic heterocycles. The molecule has 1 saturated heterocycles. The molecule has 1 atom stereocenters. The Bertz CT molecular complexity index is 845. The van der Waals surface area contributed by atoms with Gasteiger partial charge in [0.1, 0.15) is 11.4 Å². The third-order valence-corrected chi connectivity index (χ3v) is 5.56. The molecule has 1 unspecified atom stereocenters. The van der Waals surface area contributed by atoms with Crippen molar-refractivity contribution in [1.82, 2.24) is 14.7 Å². The number of hydrogen-bond acceptors (Lipinski definition) is 4. The molecule has 1 fully saturated rings. The topological polar surface area (TPSA) is 53.7 Å². The average Bonchev–Trinajstić information content (AvgIpc) is 2.72. The fourth-order valence-electron chi connectivity index (χ4n) is 3.98. The first-order chi connectivity index (χ1) is 14.4. The molecule has 2 heterocycles. The Morgan fingerprint density at radius 2 is 2.03 bits per heavy atom. The molecular formula is C23H31FN4O2. The number of rotatable bonds is 8. The Morgan fingerprint density at radius 3 is 2.77 bits per heavy atom. The zero-order chi connectivity index (χ0) is 21.5. The summed E-state index contributed by atoms with van der Waals surface area (Å²) in [5.74, 6) is 0.0328. The van der Waals surface area contributed by atoms with Gasteiger partial charge in [0.2, 0.25) is 0 Å². The summed E-state index contributed by atoms with van der Waals surface area (Å²) in [4.78, 5) is 19.3. The van der Waals surface area contributed by atoms with Gasteiger partial charge < -0.3 is 15.0 Å². The number of nitrogens with zero attached hydrogens (tertiary/aromatic N) is 4. The molecule has 0 N–H and O–H groups in total. The molecule has 0 aliphatic carbocycles. The Morgan fingerprint density at radius 1 is 1.23 bits per heavy atom. The van der Waals surface area contributed by atoms with Crippen LogP contribution in [0.1, 0.15) is 28.8 Å². The molecule has 6 nitrogen and oxygen atoms in total. The highest BCUT2D eigenvalue weighted by Crippen LogP contribution is 2.21. The number of halogens is 1. The van der Waals surface area contributed by atoms with Crippen molar-refractivity contribution in [1.29, 1.82) is 0 Å². The predicted octanol–water partition coefficient (Wildman–Crippen LogP) is 2.38. The van der Waals surface area contributed by atoms with Gasteiger partial charge in [-0.2, -0.15) is 4.73 Å². The average molecular weight is 415 g/mol. The van der Waals surface area contributed by atoms with Crippen LogP contribution in [0.5, 0.6) is 0 Å². The number of piperidine rings is 1. The quantitative estimate of drug-likeness (QED) is 0.492. The number of carbonyl (C=O) groups is 1. The Hall–Kier alpha value is -2.51. The predicted molar refractivity (Wildman–Crippen MR) is 114 cm³/mol. The van der Waals surface area contributed by atoms with Crippen molar-refractivity contribution in [3.63, 3.8) is 0 Å². The summed E-state index contributed by atoms with van der Waals surface area (Å²) in [5, 5.41) is 11.6. The molecule has 1 aromatic heterocycles. The van der Waals surface area contributed by atoms with Gasteiger partial charge in [-0.15, -0.1) is 0 Å². The summed E-state index contributed by atoms with van der Waals surface area (Å²) in [6, 6.07) is 10.2. The summed E-state index contributed by atoms with van der Waals surface area (Å²) in [5.41, 5.74) is 1.12. The number of hydrogen-bond donors (Lipinski definition) is 0. The van der Waals surface area contributed by atoms with Crippen molar-refractivity contribution >= 4 is 5.91 Å². The smallest absolute Gasteiger partial charge is 0.260 e. The van der Waals surface area contributed by atoms with Crippen molar-refractivity contribution in [2.45, 2.75) is 19.4 Å². The van der Waals surface area contributed by atoms with Gasteiger partial charge in [0.25, 0.3) is 5.91 Å². The molecule has 162 valence electrons. The monoisotopic (exact) mass is 414 g/mol. The maximum absolute atomic E-state index is 14.0. The van der Waals surface area contributed by atoms with Crippen LogP contribution in [0, 0.1) is 16.9 Å². The van der Waals surface area contributed by atoms with Gasteiger partial charge in [0.05, 0.1) is 0 Å². The fraction of sp³-hybridized carbons (Fsp3) is 0.478. The number of likely N-dealkylation sites (tertiary alicyclic amines) is 1. The zero-order valence-corrected chi connectivity index (χ0v) is 17.8. The largest absolute Gasteiger partial charge is 0.619 e. The number of likely N-dealkylation sites (N-methyl/N-ethyl adjacent to an activating group) is 1. The second-order valence-corrected chi connectivity index (χ2v) is 8.34. The lowest BCUT2D eigenvalue weighted by molar-refractivity contribution is -0.605. The number of amides is 1. The fourth-order valence-corrected chi connectivity index (χ4v) is 3.98. The van der Waals surface area contributed by atoms with Gasteiger partial charge in [-0.25, -0.2) is 4.39 Å². The first-order valence-electron chi connectivity index (χ1n) is 10.5. The van der Waals surface area contributed by atoms with E-state index in [0.717, 1.165) is 32.5 Å². The molecule has 3 rings (SSSR count). The van der Waals surface area contributed by atoms with Crippen LogP contribution in [-0.4, -0.2) is 67.4 Å². The Balaban J connectivity index is 1.67. The van der Waals surface area contributed by atoms with E-state index in [1.807, 2.05) is 36.0 Å². The minimum Gasteiger partial charge on any atom is -0.619 e. The second-order valence-electron chi connectivity index (χ2n) is 8.34. The lowest BCUT2D eigenvalue weighted by Gasteiger charge is -2.36. The summed E-state index contributed by atoms with van der Waals surface area (Å²) in [7, 11) is 3.96. The third kappa shape index (κ3) is 6.24. The molecule has 1 amide bonds. The molecule has 0 bridgehead atoms. The van der Waals surface area contributed by atoms with Crippen LogP contribution >= 0.6 is 0 Å². The first kappa shape index (κ1) is 22.2.